The predicted molar refractivity (Wildman–Crippen MR) is 137 cm³/mol. The van der Waals surface area contributed by atoms with Gasteiger partial charge in [0.25, 0.3) is 10.0 Å². The average molecular weight is 494 g/mol. The Labute approximate surface area is 206 Å². The van der Waals surface area contributed by atoms with Crippen molar-refractivity contribution in [1.29, 1.82) is 0 Å². The predicted octanol–water partition coefficient (Wildman–Crippen LogP) is 4.22. The van der Waals surface area contributed by atoms with Crippen LogP contribution in [-0.4, -0.2) is 54.6 Å². The number of piperidine rings is 1. The Hall–Kier alpha value is -3.17. The molecule has 2 aliphatic rings. The van der Waals surface area contributed by atoms with Crippen LogP contribution in [0.2, 0.25) is 0 Å². The number of rotatable bonds is 2. The summed E-state index contributed by atoms with van der Waals surface area (Å²) in [6, 6.07) is 15.0. The fraction of sp³-hybridized carbons (Fsp3) is 0.385. The van der Waals surface area contributed by atoms with E-state index in [0.29, 0.717) is 17.6 Å². The van der Waals surface area contributed by atoms with Gasteiger partial charge in [-0.1, -0.05) is 24.3 Å². The smallest absolute Gasteiger partial charge is 0.264 e. The number of fused-ring (bicyclic) bond motifs is 5. The summed E-state index contributed by atoms with van der Waals surface area (Å²) >= 11 is 0. The lowest BCUT2D eigenvalue weighted by molar-refractivity contribution is 0.0694. The highest BCUT2D eigenvalue weighted by molar-refractivity contribution is 7.92. The first-order valence-electron chi connectivity index (χ1n) is 12.0. The number of ether oxygens (including phenoxy) is 1. The highest BCUT2D eigenvalue weighted by Crippen LogP contribution is 2.31. The van der Waals surface area contributed by atoms with Gasteiger partial charge < -0.3 is 10.1 Å². The Kier molecular flexibility index (Phi) is 6.14. The fourth-order valence-electron chi connectivity index (χ4n) is 4.88. The van der Waals surface area contributed by atoms with Crippen molar-refractivity contribution in [3.8, 4) is 17.1 Å². The third kappa shape index (κ3) is 4.83. The molecule has 1 fully saturated rings. The molecule has 0 amide bonds. The minimum Gasteiger partial charge on any atom is -0.472 e. The molecular formula is C26H31N5O3S. The molecule has 4 bridgehead atoms. The van der Waals surface area contributed by atoms with E-state index in [1.165, 1.54) is 0 Å². The van der Waals surface area contributed by atoms with Gasteiger partial charge in [-0.25, -0.2) is 18.1 Å². The van der Waals surface area contributed by atoms with Crippen LogP contribution in [0, 0.1) is 13.8 Å². The van der Waals surface area contributed by atoms with Crippen LogP contribution in [0.1, 0.15) is 31.4 Å². The van der Waals surface area contributed by atoms with Gasteiger partial charge in [-0.05, 0) is 63.4 Å². The molecule has 1 saturated heterocycles. The molecule has 184 valence electrons. The SMILES string of the molecule is Cc1cccc(C)c1-c1cc2nc(n1)NS(=O)(=O)c1cccc(c1)N[C@@H]1CN(C(C)C)CC[C@H]1O2. The summed E-state index contributed by atoms with van der Waals surface area (Å²) in [6.45, 7) is 10.1. The van der Waals surface area contributed by atoms with Crippen molar-refractivity contribution < 1.29 is 13.2 Å². The second-order valence-corrected chi connectivity index (χ2v) is 11.3. The van der Waals surface area contributed by atoms with E-state index >= 15 is 0 Å². The molecule has 2 N–H and O–H groups in total. The molecule has 5 rings (SSSR count). The first-order chi connectivity index (χ1) is 16.7. The van der Waals surface area contributed by atoms with Crippen LogP contribution in [-0.2, 0) is 10.0 Å². The number of hydrogen-bond donors (Lipinski definition) is 2. The van der Waals surface area contributed by atoms with Gasteiger partial charge in [0, 0.05) is 36.4 Å². The topological polar surface area (TPSA) is 96.5 Å². The van der Waals surface area contributed by atoms with Gasteiger partial charge in [-0.2, -0.15) is 4.98 Å². The lowest BCUT2D eigenvalue weighted by Crippen LogP contribution is -2.54. The van der Waals surface area contributed by atoms with Crippen LogP contribution >= 0.6 is 0 Å². The van der Waals surface area contributed by atoms with E-state index in [1.807, 2.05) is 44.2 Å². The number of likely N-dealkylation sites (tertiary alicyclic amines) is 1. The van der Waals surface area contributed by atoms with Gasteiger partial charge in [0.15, 0.2) is 0 Å². The molecule has 2 atom stereocenters. The molecule has 0 spiro atoms. The number of sulfonamides is 1. The van der Waals surface area contributed by atoms with Crippen LogP contribution < -0.4 is 14.8 Å². The van der Waals surface area contributed by atoms with Crippen molar-refractivity contribution >= 4 is 21.7 Å². The summed E-state index contributed by atoms with van der Waals surface area (Å²) in [6.07, 6.45) is 0.678. The number of hydrogen-bond acceptors (Lipinski definition) is 7. The normalized spacial score (nSPS) is 21.5. The molecule has 3 heterocycles. The number of anilines is 2. The molecular weight excluding hydrogens is 462 g/mol. The van der Waals surface area contributed by atoms with Crippen LogP contribution in [0.25, 0.3) is 11.3 Å². The Morgan fingerprint density at radius 3 is 2.54 bits per heavy atom. The fourth-order valence-corrected chi connectivity index (χ4v) is 5.87. The van der Waals surface area contributed by atoms with E-state index in [1.54, 1.807) is 18.2 Å². The zero-order valence-corrected chi connectivity index (χ0v) is 21.3. The molecule has 9 heteroatoms. The second kappa shape index (κ2) is 9.13. The molecule has 35 heavy (non-hydrogen) atoms. The van der Waals surface area contributed by atoms with Crippen LogP contribution in [0.5, 0.6) is 5.88 Å². The number of nitrogens with one attached hydrogen (secondary N) is 2. The molecule has 8 nitrogen and oxygen atoms in total. The van der Waals surface area contributed by atoms with Crippen molar-refractivity contribution in [3.63, 3.8) is 0 Å². The molecule has 1 aromatic heterocycles. The summed E-state index contributed by atoms with van der Waals surface area (Å²) in [4.78, 5) is 11.6. The molecule has 0 unspecified atom stereocenters. The Morgan fingerprint density at radius 2 is 1.80 bits per heavy atom. The Balaban J connectivity index is 1.64. The molecule has 2 aromatic carbocycles. The van der Waals surface area contributed by atoms with Crippen molar-refractivity contribution in [1.82, 2.24) is 14.9 Å². The average Bonchev–Trinajstić information content (AvgIpc) is 2.79. The third-order valence-corrected chi connectivity index (χ3v) is 8.07. The summed E-state index contributed by atoms with van der Waals surface area (Å²) in [5, 5.41) is 3.53. The third-order valence-electron chi connectivity index (χ3n) is 6.75. The largest absolute Gasteiger partial charge is 0.472 e. The number of nitrogens with zero attached hydrogens (tertiary/aromatic N) is 3. The summed E-state index contributed by atoms with van der Waals surface area (Å²) in [5.41, 5.74) is 4.39. The number of aromatic nitrogens is 2. The lowest BCUT2D eigenvalue weighted by atomic mass is 9.99. The minimum atomic E-state index is -3.90. The van der Waals surface area contributed by atoms with Crippen LogP contribution in [0.3, 0.4) is 0 Å². The van der Waals surface area contributed by atoms with Gasteiger partial charge in [-0.3, -0.25) is 4.90 Å². The van der Waals surface area contributed by atoms with E-state index in [0.717, 1.165) is 41.9 Å². The lowest BCUT2D eigenvalue weighted by Gasteiger charge is -2.41. The van der Waals surface area contributed by atoms with E-state index in [-0.39, 0.29) is 23.0 Å². The summed E-state index contributed by atoms with van der Waals surface area (Å²) in [5.74, 6) is 0.352. The highest BCUT2D eigenvalue weighted by Gasteiger charge is 2.33. The molecule has 2 aliphatic heterocycles. The molecule has 3 aromatic rings. The molecule has 0 radical (unpaired) electrons. The van der Waals surface area contributed by atoms with Crippen molar-refractivity contribution in [3.05, 3.63) is 59.7 Å². The first kappa shape index (κ1) is 23.6. The van der Waals surface area contributed by atoms with Crippen LogP contribution in [0.15, 0.2) is 53.4 Å². The maximum absolute atomic E-state index is 13.2. The summed E-state index contributed by atoms with van der Waals surface area (Å²) < 4.78 is 35.5. The van der Waals surface area contributed by atoms with Crippen molar-refractivity contribution in [2.45, 2.75) is 57.2 Å². The van der Waals surface area contributed by atoms with E-state index < -0.39 is 10.0 Å². The maximum Gasteiger partial charge on any atom is 0.264 e. The standard InChI is InChI=1S/C26H31N5O3S/c1-16(2)31-12-11-23-22(15-31)27-19-9-6-10-20(13-19)35(32,33)30-26-28-21(14-24(29-26)34-23)25-17(3)7-5-8-18(25)4/h5-10,13-14,16,22-23,27H,11-12,15H2,1-4H3,(H,28,29,30)/t22-,23-/m1/s1. The highest BCUT2D eigenvalue weighted by atomic mass is 32.2. The maximum atomic E-state index is 13.2. The first-order valence-corrected chi connectivity index (χ1v) is 13.4. The summed E-state index contributed by atoms with van der Waals surface area (Å²) in [7, 11) is -3.90. The molecule has 0 aliphatic carbocycles. The van der Waals surface area contributed by atoms with Gasteiger partial charge in [-0.15, -0.1) is 0 Å². The van der Waals surface area contributed by atoms with Gasteiger partial charge >= 0.3 is 0 Å². The zero-order valence-electron chi connectivity index (χ0n) is 20.4. The second-order valence-electron chi connectivity index (χ2n) is 9.60. The van der Waals surface area contributed by atoms with E-state index in [9.17, 15) is 8.42 Å². The Bertz CT molecular complexity index is 1340. The zero-order chi connectivity index (χ0) is 24.7. The van der Waals surface area contributed by atoms with Crippen LogP contribution in [0.4, 0.5) is 11.6 Å². The van der Waals surface area contributed by atoms with Gasteiger partial charge in [0.05, 0.1) is 16.6 Å². The Morgan fingerprint density at radius 1 is 1.06 bits per heavy atom. The molecule has 0 saturated carbocycles. The van der Waals surface area contributed by atoms with Gasteiger partial charge in [0.2, 0.25) is 11.8 Å². The van der Waals surface area contributed by atoms with E-state index in [4.69, 9.17) is 4.74 Å². The minimum absolute atomic E-state index is 0.00439. The van der Waals surface area contributed by atoms with E-state index in [2.05, 4.69) is 38.8 Å². The van der Waals surface area contributed by atoms with Crippen molar-refractivity contribution in [2.75, 3.05) is 23.1 Å². The quantitative estimate of drug-likeness (QED) is 0.552. The number of aryl methyl sites for hydroxylation is 2. The van der Waals surface area contributed by atoms with Gasteiger partial charge in [0.1, 0.15) is 6.10 Å². The number of benzene rings is 2. The van der Waals surface area contributed by atoms with Crippen molar-refractivity contribution in [2.24, 2.45) is 0 Å². The monoisotopic (exact) mass is 493 g/mol.